The van der Waals surface area contributed by atoms with E-state index in [1.165, 1.54) is 37.9 Å². The van der Waals surface area contributed by atoms with Crippen LogP contribution in [0.3, 0.4) is 0 Å². The van der Waals surface area contributed by atoms with Crippen molar-refractivity contribution in [2.24, 2.45) is 11.7 Å². The second-order valence-corrected chi connectivity index (χ2v) is 5.04. The summed E-state index contributed by atoms with van der Waals surface area (Å²) in [6, 6.07) is 8.21. The summed E-state index contributed by atoms with van der Waals surface area (Å²) < 4.78 is 0. The largest absolute Gasteiger partial charge is 0.399 e. The van der Waals surface area contributed by atoms with E-state index in [4.69, 9.17) is 11.5 Å². The van der Waals surface area contributed by atoms with Crippen molar-refractivity contribution in [3.8, 4) is 0 Å². The Morgan fingerprint density at radius 3 is 2.65 bits per heavy atom. The zero-order valence-electron chi connectivity index (χ0n) is 10.4. The van der Waals surface area contributed by atoms with E-state index >= 15 is 0 Å². The lowest BCUT2D eigenvalue weighted by molar-refractivity contribution is 0.173. The minimum atomic E-state index is 0.833. The molecule has 1 fully saturated rings. The van der Waals surface area contributed by atoms with E-state index in [9.17, 15) is 0 Å². The van der Waals surface area contributed by atoms with Crippen LogP contribution in [-0.2, 0) is 6.54 Å². The quantitative estimate of drug-likeness (QED) is 0.780. The van der Waals surface area contributed by atoms with Gasteiger partial charge in [0.2, 0.25) is 0 Å². The molecule has 0 unspecified atom stereocenters. The number of nitrogen functional groups attached to an aromatic ring is 1. The monoisotopic (exact) mass is 233 g/mol. The topological polar surface area (TPSA) is 55.3 Å². The number of nitrogens with two attached hydrogens (primary N) is 2. The van der Waals surface area contributed by atoms with Gasteiger partial charge in [-0.3, -0.25) is 4.90 Å². The molecule has 1 aromatic carbocycles. The molecule has 1 heterocycles. The molecule has 1 saturated heterocycles. The highest BCUT2D eigenvalue weighted by Crippen LogP contribution is 2.21. The molecular weight excluding hydrogens is 210 g/mol. The van der Waals surface area contributed by atoms with Crippen molar-refractivity contribution >= 4 is 5.69 Å². The lowest BCUT2D eigenvalue weighted by atomic mass is 9.93. The Morgan fingerprint density at radius 2 is 2.00 bits per heavy atom. The normalized spacial score (nSPS) is 18.4. The van der Waals surface area contributed by atoms with Gasteiger partial charge in [-0.25, -0.2) is 0 Å². The van der Waals surface area contributed by atoms with Crippen LogP contribution in [0, 0.1) is 5.92 Å². The smallest absolute Gasteiger partial charge is 0.0317 e. The Labute approximate surface area is 104 Å². The van der Waals surface area contributed by atoms with Crippen molar-refractivity contribution in [1.82, 2.24) is 4.90 Å². The van der Waals surface area contributed by atoms with E-state index < -0.39 is 0 Å². The number of hydrogen-bond acceptors (Lipinski definition) is 3. The van der Waals surface area contributed by atoms with Gasteiger partial charge in [0.15, 0.2) is 0 Å². The molecule has 2 rings (SSSR count). The molecule has 0 atom stereocenters. The first-order valence-corrected chi connectivity index (χ1v) is 6.55. The van der Waals surface area contributed by atoms with E-state index in [-0.39, 0.29) is 0 Å². The van der Waals surface area contributed by atoms with E-state index in [2.05, 4.69) is 17.0 Å². The highest BCUT2D eigenvalue weighted by Gasteiger charge is 2.18. The second-order valence-electron chi connectivity index (χ2n) is 5.04. The summed E-state index contributed by atoms with van der Waals surface area (Å²) in [7, 11) is 0. The van der Waals surface area contributed by atoms with Crippen molar-refractivity contribution < 1.29 is 0 Å². The van der Waals surface area contributed by atoms with Crippen LogP contribution < -0.4 is 11.5 Å². The van der Waals surface area contributed by atoms with Gasteiger partial charge in [0.05, 0.1) is 0 Å². The highest BCUT2D eigenvalue weighted by molar-refractivity contribution is 5.40. The number of nitrogens with zero attached hydrogens (tertiary/aromatic N) is 1. The average Bonchev–Trinajstić information content (AvgIpc) is 2.32. The third-order valence-electron chi connectivity index (χ3n) is 3.64. The lowest BCUT2D eigenvalue weighted by Crippen LogP contribution is -2.33. The molecule has 1 aliphatic rings. The van der Waals surface area contributed by atoms with Crippen LogP contribution in [0.1, 0.15) is 24.8 Å². The Kier molecular flexibility index (Phi) is 4.40. The summed E-state index contributed by atoms with van der Waals surface area (Å²) in [5.74, 6) is 0.845. The summed E-state index contributed by atoms with van der Waals surface area (Å²) in [5, 5.41) is 0. The molecule has 4 N–H and O–H groups in total. The van der Waals surface area contributed by atoms with Crippen molar-refractivity contribution in [1.29, 1.82) is 0 Å². The van der Waals surface area contributed by atoms with Crippen molar-refractivity contribution in [2.75, 3.05) is 25.4 Å². The van der Waals surface area contributed by atoms with Gasteiger partial charge in [0.1, 0.15) is 0 Å². The number of rotatable bonds is 4. The average molecular weight is 233 g/mol. The molecule has 3 heteroatoms. The predicted octanol–water partition coefficient (Wildman–Crippen LogP) is 1.83. The zero-order chi connectivity index (χ0) is 12.1. The van der Waals surface area contributed by atoms with Crippen LogP contribution in [-0.4, -0.2) is 24.5 Å². The molecule has 94 valence electrons. The van der Waals surface area contributed by atoms with E-state index in [0.717, 1.165) is 24.7 Å². The molecule has 0 amide bonds. The minimum absolute atomic E-state index is 0.833. The molecule has 0 aliphatic carbocycles. The molecule has 0 spiro atoms. The number of benzene rings is 1. The molecule has 3 nitrogen and oxygen atoms in total. The first kappa shape index (κ1) is 12.4. The Bertz CT molecular complexity index is 343. The second kappa shape index (κ2) is 6.03. The van der Waals surface area contributed by atoms with Gasteiger partial charge in [-0.1, -0.05) is 12.1 Å². The maximum atomic E-state index is 5.79. The maximum absolute atomic E-state index is 5.79. The summed E-state index contributed by atoms with van der Waals surface area (Å²) in [6.07, 6.45) is 3.77. The first-order valence-electron chi connectivity index (χ1n) is 6.55. The van der Waals surface area contributed by atoms with E-state index in [0.29, 0.717) is 0 Å². The summed E-state index contributed by atoms with van der Waals surface area (Å²) in [5.41, 5.74) is 13.6. The van der Waals surface area contributed by atoms with Gasteiger partial charge in [-0.2, -0.15) is 0 Å². The standard InChI is InChI=1S/C14H23N3/c15-7-4-12-5-8-17(9-6-12)11-13-2-1-3-14(16)10-13/h1-3,10,12H,4-9,11,15-16H2. The summed E-state index contributed by atoms with van der Waals surface area (Å²) in [4.78, 5) is 2.52. The fourth-order valence-corrected chi connectivity index (χ4v) is 2.62. The van der Waals surface area contributed by atoms with Crippen LogP contribution in [0.2, 0.25) is 0 Å². The Balaban J connectivity index is 1.82. The van der Waals surface area contributed by atoms with E-state index in [1.807, 2.05) is 12.1 Å². The molecule has 0 bridgehead atoms. The number of piperidine rings is 1. The van der Waals surface area contributed by atoms with Crippen LogP contribution in [0.4, 0.5) is 5.69 Å². The number of hydrogen-bond donors (Lipinski definition) is 2. The molecule has 1 aliphatic heterocycles. The SMILES string of the molecule is NCCC1CCN(Cc2cccc(N)c2)CC1. The van der Waals surface area contributed by atoms with Gasteiger partial charge < -0.3 is 11.5 Å². The highest BCUT2D eigenvalue weighted by atomic mass is 15.1. The van der Waals surface area contributed by atoms with Crippen molar-refractivity contribution in [3.63, 3.8) is 0 Å². The first-order chi connectivity index (χ1) is 8.28. The van der Waals surface area contributed by atoms with Crippen LogP contribution >= 0.6 is 0 Å². The number of anilines is 1. The molecule has 0 saturated carbocycles. The summed E-state index contributed by atoms with van der Waals surface area (Å²) in [6.45, 7) is 4.25. The predicted molar refractivity (Wildman–Crippen MR) is 72.5 cm³/mol. The number of likely N-dealkylation sites (tertiary alicyclic amines) is 1. The van der Waals surface area contributed by atoms with Crippen molar-refractivity contribution in [3.05, 3.63) is 29.8 Å². The van der Waals surface area contributed by atoms with Gasteiger partial charge in [0.25, 0.3) is 0 Å². The third-order valence-corrected chi connectivity index (χ3v) is 3.64. The van der Waals surface area contributed by atoms with Gasteiger partial charge in [-0.15, -0.1) is 0 Å². The van der Waals surface area contributed by atoms with Crippen LogP contribution in [0.25, 0.3) is 0 Å². The van der Waals surface area contributed by atoms with Gasteiger partial charge in [0, 0.05) is 12.2 Å². The lowest BCUT2D eigenvalue weighted by Gasteiger charge is -2.31. The molecule has 0 radical (unpaired) electrons. The zero-order valence-corrected chi connectivity index (χ0v) is 10.4. The van der Waals surface area contributed by atoms with Crippen LogP contribution in [0.15, 0.2) is 24.3 Å². The molecule has 0 aromatic heterocycles. The maximum Gasteiger partial charge on any atom is 0.0317 e. The fraction of sp³-hybridized carbons (Fsp3) is 0.571. The van der Waals surface area contributed by atoms with E-state index in [1.54, 1.807) is 0 Å². The molecule has 1 aromatic rings. The minimum Gasteiger partial charge on any atom is -0.399 e. The van der Waals surface area contributed by atoms with Crippen LogP contribution in [0.5, 0.6) is 0 Å². The Hall–Kier alpha value is -1.06. The molecular formula is C14H23N3. The third kappa shape index (κ3) is 3.72. The van der Waals surface area contributed by atoms with Gasteiger partial charge >= 0.3 is 0 Å². The summed E-state index contributed by atoms with van der Waals surface area (Å²) >= 11 is 0. The van der Waals surface area contributed by atoms with Crippen molar-refractivity contribution in [2.45, 2.75) is 25.8 Å². The fourth-order valence-electron chi connectivity index (χ4n) is 2.62. The molecule has 17 heavy (non-hydrogen) atoms. The Morgan fingerprint density at radius 1 is 1.24 bits per heavy atom. The van der Waals surface area contributed by atoms with Gasteiger partial charge in [-0.05, 0) is 62.5 Å².